The van der Waals surface area contributed by atoms with Gasteiger partial charge in [-0.3, -0.25) is 0 Å². The minimum Gasteiger partial charge on any atom is -0.493 e. The van der Waals surface area contributed by atoms with Crippen molar-refractivity contribution in [2.24, 2.45) is 0 Å². The Hall–Kier alpha value is -3.04. The van der Waals surface area contributed by atoms with Gasteiger partial charge in [0, 0.05) is 38.4 Å². The number of rotatable bonds is 9. The molecule has 2 aromatic rings. The number of para-hydroxylation sites is 1. The third-order valence-corrected chi connectivity index (χ3v) is 7.41. The number of carbonyl (C=O) groups is 1. The third-order valence-electron chi connectivity index (χ3n) is 5.60. The topological polar surface area (TPSA) is 85.4 Å². The van der Waals surface area contributed by atoms with Crippen LogP contribution in [0, 0.1) is 0 Å². The first kappa shape index (κ1) is 24.6. The van der Waals surface area contributed by atoms with Gasteiger partial charge in [0.05, 0.1) is 21.3 Å². The van der Waals surface area contributed by atoms with E-state index in [1.54, 1.807) is 13.1 Å². The average molecular weight is 475 g/mol. The summed E-state index contributed by atoms with van der Waals surface area (Å²) in [6, 6.07) is 10.9. The average Bonchev–Trinajstić information content (AvgIpc) is 3.36. The Balaban J connectivity index is 1.99. The third kappa shape index (κ3) is 5.48. The van der Waals surface area contributed by atoms with E-state index in [1.807, 2.05) is 24.3 Å². The first-order valence-electron chi connectivity index (χ1n) is 10.6. The van der Waals surface area contributed by atoms with Gasteiger partial charge >= 0.3 is 5.97 Å². The number of esters is 1. The molecule has 1 saturated heterocycles. The second-order valence-corrected chi connectivity index (χ2v) is 9.71. The van der Waals surface area contributed by atoms with Crippen LogP contribution in [0.4, 0.5) is 5.69 Å². The Morgan fingerprint density at radius 2 is 1.79 bits per heavy atom. The lowest BCUT2D eigenvalue weighted by molar-refractivity contribution is -0.134. The molecule has 1 aliphatic heterocycles. The summed E-state index contributed by atoms with van der Waals surface area (Å²) in [4.78, 5) is 13.7. The Morgan fingerprint density at radius 1 is 1.09 bits per heavy atom. The second kappa shape index (κ2) is 10.7. The van der Waals surface area contributed by atoms with Crippen LogP contribution in [0.5, 0.6) is 11.5 Å². The number of benzene rings is 2. The molecule has 0 unspecified atom stereocenters. The van der Waals surface area contributed by atoms with E-state index in [0.717, 1.165) is 37.2 Å². The van der Waals surface area contributed by atoms with E-state index in [9.17, 15) is 13.2 Å². The quantitative estimate of drug-likeness (QED) is 0.407. The van der Waals surface area contributed by atoms with Crippen molar-refractivity contribution in [1.82, 2.24) is 4.31 Å². The van der Waals surface area contributed by atoms with Crippen molar-refractivity contribution in [3.63, 3.8) is 0 Å². The van der Waals surface area contributed by atoms with Gasteiger partial charge in [0.25, 0.3) is 0 Å². The molecule has 1 heterocycles. The number of nitrogens with zero attached hydrogens (tertiary/aromatic N) is 2. The largest absolute Gasteiger partial charge is 0.493 e. The summed E-state index contributed by atoms with van der Waals surface area (Å²) >= 11 is 0. The Morgan fingerprint density at radius 3 is 2.42 bits per heavy atom. The second-order valence-electron chi connectivity index (χ2n) is 7.69. The normalized spacial score (nSPS) is 14.2. The van der Waals surface area contributed by atoms with Crippen LogP contribution in [0.25, 0.3) is 6.08 Å². The van der Waals surface area contributed by atoms with Crippen molar-refractivity contribution in [2.75, 3.05) is 46.4 Å². The zero-order valence-electron chi connectivity index (χ0n) is 19.4. The van der Waals surface area contributed by atoms with E-state index in [2.05, 4.69) is 9.64 Å². The summed E-state index contributed by atoms with van der Waals surface area (Å²) in [6.07, 6.45) is 4.94. The molecular formula is C24H30N2O6S. The zero-order chi connectivity index (χ0) is 24.0. The highest BCUT2D eigenvalue weighted by molar-refractivity contribution is 7.89. The van der Waals surface area contributed by atoms with Gasteiger partial charge in [-0.2, -0.15) is 4.31 Å². The van der Waals surface area contributed by atoms with E-state index in [0.29, 0.717) is 5.56 Å². The zero-order valence-corrected chi connectivity index (χ0v) is 20.2. The van der Waals surface area contributed by atoms with E-state index in [1.165, 1.54) is 43.9 Å². The van der Waals surface area contributed by atoms with Crippen LogP contribution in [-0.4, -0.2) is 60.2 Å². The molecule has 0 aromatic heterocycles. The number of anilines is 1. The Labute approximate surface area is 195 Å². The molecule has 8 nitrogen and oxygen atoms in total. The Kier molecular flexibility index (Phi) is 7.99. The summed E-state index contributed by atoms with van der Waals surface area (Å²) in [5.41, 5.74) is 2.44. The molecule has 1 aliphatic rings. The fraction of sp³-hybridized carbons (Fsp3) is 0.375. The summed E-state index contributed by atoms with van der Waals surface area (Å²) < 4.78 is 43.9. The molecule has 0 bridgehead atoms. The molecule has 3 rings (SSSR count). The number of carbonyl (C=O) groups excluding carboxylic acids is 1. The molecule has 0 saturated carbocycles. The molecular weight excluding hydrogens is 444 g/mol. The molecule has 178 valence electrons. The molecule has 0 radical (unpaired) electrons. The lowest BCUT2D eigenvalue weighted by Crippen LogP contribution is -2.28. The standard InChI is InChI=1S/C24H30N2O6S/c1-25(17-19-9-5-6-10-20(19)26-13-7-8-14-26)33(28,29)22-16-18(11-12-23(27)31-3)15-21(30-2)24(22)32-4/h5-6,9-12,15-16H,7-8,13-14,17H2,1-4H3/b12-11+. The molecule has 0 N–H and O–H groups in total. The van der Waals surface area contributed by atoms with Crippen LogP contribution < -0.4 is 14.4 Å². The fourth-order valence-corrected chi connectivity index (χ4v) is 5.22. The van der Waals surface area contributed by atoms with Crippen molar-refractivity contribution in [2.45, 2.75) is 24.3 Å². The molecule has 0 atom stereocenters. The molecule has 0 spiro atoms. The predicted octanol–water partition coefficient (Wildman–Crippen LogP) is 3.31. The maximum Gasteiger partial charge on any atom is 0.330 e. The molecule has 9 heteroatoms. The molecule has 0 amide bonds. The molecule has 0 aliphatic carbocycles. The summed E-state index contributed by atoms with van der Waals surface area (Å²) in [6.45, 7) is 2.13. The van der Waals surface area contributed by atoms with E-state index in [4.69, 9.17) is 9.47 Å². The SMILES string of the molecule is COC(=O)/C=C/c1cc(OC)c(OC)c(S(=O)(=O)N(C)Cc2ccccc2N2CCCC2)c1. The molecule has 33 heavy (non-hydrogen) atoms. The summed E-state index contributed by atoms with van der Waals surface area (Å²) in [5.74, 6) is -0.203. The van der Waals surface area contributed by atoms with E-state index < -0.39 is 16.0 Å². The van der Waals surface area contributed by atoms with E-state index in [-0.39, 0.29) is 22.9 Å². The maximum absolute atomic E-state index is 13.6. The smallest absolute Gasteiger partial charge is 0.330 e. The van der Waals surface area contributed by atoms with Crippen LogP contribution in [0.15, 0.2) is 47.4 Å². The van der Waals surface area contributed by atoms with E-state index >= 15 is 0 Å². The number of sulfonamides is 1. The van der Waals surface area contributed by atoms with Crippen molar-refractivity contribution in [3.8, 4) is 11.5 Å². The van der Waals surface area contributed by atoms with Crippen molar-refractivity contribution in [3.05, 3.63) is 53.6 Å². The lowest BCUT2D eigenvalue weighted by Gasteiger charge is -2.25. The minimum atomic E-state index is -3.96. The van der Waals surface area contributed by atoms with Gasteiger partial charge in [-0.1, -0.05) is 18.2 Å². The number of hydrogen-bond acceptors (Lipinski definition) is 7. The first-order chi connectivity index (χ1) is 15.8. The summed E-state index contributed by atoms with van der Waals surface area (Å²) in [5, 5.41) is 0. The summed E-state index contributed by atoms with van der Waals surface area (Å²) in [7, 11) is 1.67. The van der Waals surface area contributed by atoms with Crippen molar-refractivity contribution < 1.29 is 27.4 Å². The van der Waals surface area contributed by atoms with Gasteiger partial charge in [-0.15, -0.1) is 0 Å². The number of hydrogen-bond donors (Lipinski definition) is 0. The number of methoxy groups -OCH3 is 3. The monoisotopic (exact) mass is 474 g/mol. The highest BCUT2D eigenvalue weighted by Crippen LogP contribution is 2.38. The van der Waals surface area contributed by atoms with Gasteiger partial charge in [0.1, 0.15) is 4.90 Å². The van der Waals surface area contributed by atoms with Gasteiger partial charge in [0.2, 0.25) is 10.0 Å². The maximum atomic E-state index is 13.6. The lowest BCUT2D eigenvalue weighted by atomic mass is 10.1. The Bertz CT molecular complexity index is 1120. The van der Waals surface area contributed by atoms with Crippen molar-refractivity contribution in [1.29, 1.82) is 0 Å². The molecule has 2 aromatic carbocycles. The minimum absolute atomic E-state index is 0.0463. The highest BCUT2D eigenvalue weighted by Gasteiger charge is 2.29. The van der Waals surface area contributed by atoms with Crippen molar-refractivity contribution >= 4 is 27.8 Å². The van der Waals surface area contributed by atoms with Gasteiger partial charge in [0.15, 0.2) is 11.5 Å². The number of ether oxygens (including phenoxy) is 3. The van der Waals surface area contributed by atoms with Crippen LogP contribution >= 0.6 is 0 Å². The van der Waals surface area contributed by atoms with Crippen LogP contribution in [0.3, 0.4) is 0 Å². The van der Waals surface area contributed by atoms with Crippen LogP contribution in [-0.2, 0) is 26.1 Å². The van der Waals surface area contributed by atoms with Gasteiger partial charge in [-0.25, -0.2) is 13.2 Å². The van der Waals surface area contributed by atoms with Gasteiger partial charge < -0.3 is 19.1 Å². The highest BCUT2D eigenvalue weighted by atomic mass is 32.2. The first-order valence-corrected chi connectivity index (χ1v) is 12.1. The molecule has 1 fully saturated rings. The predicted molar refractivity (Wildman–Crippen MR) is 127 cm³/mol. The van der Waals surface area contributed by atoms with Crippen LogP contribution in [0.1, 0.15) is 24.0 Å². The fourth-order valence-electron chi connectivity index (χ4n) is 3.87. The van der Waals surface area contributed by atoms with Crippen LogP contribution in [0.2, 0.25) is 0 Å². The van der Waals surface area contributed by atoms with Gasteiger partial charge in [-0.05, 0) is 48.2 Å².